The SMILES string of the molecule is COCOc1cc(C(O)C(C)[NH3+])cc(OCOC)c1OCCF. The van der Waals surface area contributed by atoms with E-state index in [0.29, 0.717) is 5.56 Å². The van der Waals surface area contributed by atoms with Crippen LogP contribution in [0.25, 0.3) is 0 Å². The van der Waals surface area contributed by atoms with Gasteiger partial charge in [0.25, 0.3) is 0 Å². The molecule has 23 heavy (non-hydrogen) atoms. The second-order valence-corrected chi connectivity index (χ2v) is 4.91. The van der Waals surface area contributed by atoms with E-state index in [-0.39, 0.29) is 43.5 Å². The average molecular weight is 334 g/mol. The van der Waals surface area contributed by atoms with Crippen molar-refractivity contribution in [1.29, 1.82) is 0 Å². The Bertz CT molecular complexity index is 442. The van der Waals surface area contributed by atoms with Gasteiger partial charge in [0, 0.05) is 14.2 Å². The second-order valence-electron chi connectivity index (χ2n) is 4.91. The molecule has 132 valence electrons. The van der Waals surface area contributed by atoms with Crippen molar-refractivity contribution in [2.24, 2.45) is 0 Å². The molecule has 7 nitrogen and oxygen atoms in total. The highest BCUT2D eigenvalue weighted by molar-refractivity contribution is 5.54. The predicted octanol–water partition coefficient (Wildman–Crippen LogP) is 0.664. The molecule has 0 aliphatic rings. The zero-order valence-electron chi connectivity index (χ0n) is 13.7. The predicted molar refractivity (Wildman–Crippen MR) is 80.2 cm³/mol. The number of rotatable bonds is 11. The number of ether oxygens (including phenoxy) is 5. The molecule has 1 aromatic rings. The number of hydrogen-bond donors (Lipinski definition) is 2. The number of methoxy groups -OCH3 is 2. The van der Waals surface area contributed by atoms with Gasteiger partial charge in [0.15, 0.2) is 25.1 Å². The standard InChI is InChI=1S/C15H24FNO6/c1-10(17)14(18)11-6-12(22-8-19-2)15(21-5-4-16)13(7-11)23-9-20-3/h6-7,10,14,18H,4-5,8-9,17H2,1-3H3/p+1. The van der Waals surface area contributed by atoms with Crippen molar-refractivity contribution in [3.05, 3.63) is 17.7 Å². The molecule has 1 aromatic carbocycles. The normalized spacial score (nSPS) is 13.5. The second kappa shape index (κ2) is 10.2. The molecule has 0 aromatic heterocycles. The number of hydrogen-bond acceptors (Lipinski definition) is 6. The van der Waals surface area contributed by atoms with Crippen LogP contribution < -0.4 is 19.9 Å². The van der Waals surface area contributed by atoms with E-state index in [9.17, 15) is 9.50 Å². The first-order valence-electron chi connectivity index (χ1n) is 7.16. The van der Waals surface area contributed by atoms with Crippen LogP contribution in [0.15, 0.2) is 12.1 Å². The lowest BCUT2D eigenvalue weighted by Crippen LogP contribution is -2.61. The van der Waals surface area contributed by atoms with Gasteiger partial charge in [-0.2, -0.15) is 0 Å². The Kier molecular flexibility index (Phi) is 8.64. The minimum atomic E-state index is -0.819. The molecule has 2 unspecified atom stereocenters. The van der Waals surface area contributed by atoms with Crippen LogP contribution in [0.1, 0.15) is 18.6 Å². The third-order valence-corrected chi connectivity index (χ3v) is 2.91. The lowest BCUT2D eigenvalue weighted by Gasteiger charge is -2.20. The van der Waals surface area contributed by atoms with Gasteiger partial charge in [-0.05, 0) is 24.6 Å². The van der Waals surface area contributed by atoms with Gasteiger partial charge in [0.05, 0.1) is 0 Å². The summed E-state index contributed by atoms with van der Waals surface area (Å²) in [6.07, 6.45) is -0.819. The maximum absolute atomic E-state index is 12.5. The van der Waals surface area contributed by atoms with E-state index in [1.165, 1.54) is 14.2 Å². The number of aliphatic hydroxyl groups is 1. The van der Waals surface area contributed by atoms with Gasteiger partial charge in [0.2, 0.25) is 5.75 Å². The Balaban J connectivity index is 3.24. The smallest absolute Gasteiger partial charge is 0.203 e. The summed E-state index contributed by atoms with van der Waals surface area (Å²) in [7, 11) is 2.95. The molecule has 0 heterocycles. The van der Waals surface area contributed by atoms with Crippen molar-refractivity contribution in [3.63, 3.8) is 0 Å². The van der Waals surface area contributed by atoms with Gasteiger partial charge >= 0.3 is 0 Å². The molecule has 0 spiro atoms. The van der Waals surface area contributed by atoms with E-state index < -0.39 is 12.8 Å². The maximum atomic E-state index is 12.5. The van der Waals surface area contributed by atoms with Crippen LogP contribution in [0.3, 0.4) is 0 Å². The first-order valence-corrected chi connectivity index (χ1v) is 7.16. The molecule has 0 saturated carbocycles. The first kappa shape index (κ1) is 19.4. The molecular formula is C15H25FNO6+. The van der Waals surface area contributed by atoms with Crippen LogP contribution in [0.2, 0.25) is 0 Å². The summed E-state index contributed by atoms with van der Waals surface area (Å²) in [5.74, 6) is 0.789. The van der Waals surface area contributed by atoms with Gasteiger partial charge in [0.1, 0.15) is 25.4 Å². The lowest BCUT2D eigenvalue weighted by atomic mass is 10.0. The van der Waals surface area contributed by atoms with Crippen LogP contribution in [0.4, 0.5) is 4.39 Å². The van der Waals surface area contributed by atoms with E-state index in [1.807, 2.05) is 0 Å². The highest BCUT2D eigenvalue weighted by Crippen LogP contribution is 2.40. The Morgan fingerprint density at radius 2 is 1.61 bits per heavy atom. The molecule has 0 saturated heterocycles. The number of quaternary nitrogens is 1. The summed E-state index contributed by atoms with van der Waals surface area (Å²) in [6, 6.07) is 2.94. The number of aliphatic hydroxyl groups excluding tert-OH is 1. The molecule has 0 radical (unpaired) electrons. The summed E-state index contributed by atoms with van der Waals surface area (Å²) in [5, 5.41) is 10.2. The third kappa shape index (κ3) is 5.83. The summed E-state index contributed by atoms with van der Waals surface area (Å²) < 4.78 is 38.5. The fourth-order valence-corrected chi connectivity index (χ4v) is 1.84. The van der Waals surface area contributed by atoms with E-state index in [1.54, 1.807) is 19.1 Å². The van der Waals surface area contributed by atoms with Crippen LogP contribution >= 0.6 is 0 Å². The topological polar surface area (TPSA) is 94.0 Å². The Labute approximate surface area is 135 Å². The monoisotopic (exact) mass is 334 g/mol. The van der Waals surface area contributed by atoms with Gasteiger partial charge in [-0.1, -0.05) is 0 Å². The third-order valence-electron chi connectivity index (χ3n) is 2.91. The largest absolute Gasteiger partial charge is 0.484 e. The van der Waals surface area contributed by atoms with Crippen LogP contribution in [-0.4, -0.2) is 52.2 Å². The fraction of sp³-hybridized carbons (Fsp3) is 0.600. The van der Waals surface area contributed by atoms with Crippen molar-refractivity contribution < 1.29 is 38.9 Å². The Morgan fingerprint density at radius 3 is 2.00 bits per heavy atom. The Hall–Kier alpha value is -1.61. The maximum Gasteiger partial charge on any atom is 0.203 e. The van der Waals surface area contributed by atoms with Crippen LogP contribution in [0.5, 0.6) is 17.2 Å². The van der Waals surface area contributed by atoms with Crippen molar-refractivity contribution in [2.45, 2.75) is 19.1 Å². The van der Waals surface area contributed by atoms with Gasteiger partial charge in [-0.15, -0.1) is 0 Å². The minimum Gasteiger partial charge on any atom is -0.484 e. The van der Waals surface area contributed by atoms with Gasteiger partial charge < -0.3 is 34.5 Å². The molecule has 0 aliphatic carbocycles. The van der Waals surface area contributed by atoms with E-state index in [2.05, 4.69) is 5.73 Å². The van der Waals surface area contributed by atoms with E-state index >= 15 is 0 Å². The van der Waals surface area contributed by atoms with Crippen molar-refractivity contribution in [3.8, 4) is 17.2 Å². The van der Waals surface area contributed by atoms with Crippen molar-refractivity contribution in [2.75, 3.05) is 41.1 Å². The van der Waals surface area contributed by atoms with Crippen molar-refractivity contribution >= 4 is 0 Å². The molecule has 0 amide bonds. The highest BCUT2D eigenvalue weighted by atomic mass is 19.1. The summed E-state index contributed by atoms with van der Waals surface area (Å²) in [4.78, 5) is 0. The Morgan fingerprint density at radius 1 is 1.09 bits per heavy atom. The lowest BCUT2D eigenvalue weighted by molar-refractivity contribution is -0.433. The molecule has 2 atom stereocenters. The zero-order chi connectivity index (χ0) is 17.2. The van der Waals surface area contributed by atoms with Gasteiger partial charge in [-0.25, -0.2) is 4.39 Å². The minimum absolute atomic E-state index is 0.0326. The molecular weight excluding hydrogens is 309 g/mol. The molecule has 4 N–H and O–H groups in total. The average Bonchev–Trinajstić information content (AvgIpc) is 2.55. The molecule has 1 rings (SSSR count). The summed E-state index contributed by atoms with van der Waals surface area (Å²) in [6.45, 7) is 0.905. The highest BCUT2D eigenvalue weighted by Gasteiger charge is 2.22. The fourth-order valence-electron chi connectivity index (χ4n) is 1.84. The first-order chi connectivity index (χ1) is 11.0. The molecule has 0 aliphatic heterocycles. The van der Waals surface area contributed by atoms with E-state index in [4.69, 9.17) is 23.7 Å². The van der Waals surface area contributed by atoms with Crippen molar-refractivity contribution in [1.82, 2.24) is 0 Å². The number of halogens is 1. The molecule has 8 heteroatoms. The summed E-state index contributed by atoms with van der Waals surface area (Å²) >= 11 is 0. The number of alkyl halides is 1. The number of benzene rings is 1. The molecule has 0 fully saturated rings. The molecule has 0 bridgehead atoms. The van der Waals surface area contributed by atoms with E-state index in [0.717, 1.165) is 0 Å². The summed E-state index contributed by atoms with van der Waals surface area (Å²) in [5.41, 5.74) is 4.35. The van der Waals surface area contributed by atoms with Crippen LogP contribution in [0, 0.1) is 0 Å². The zero-order valence-corrected chi connectivity index (χ0v) is 13.7. The quantitative estimate of drug-likeness (QED) is 0.578. The van der Waals surface area contributed by atoms with Crippen LogP contribution in [-0.2, 0) is 9.47 Å². The van der Waals surface area contributed by atoms with Gasteiger partial charge in [-0.3, -0.25) is 0 Å².